The van der Waals surface area contributed by atoms with Gasteiger partial charge in [-0.1, -0.05) is 0 Å². The Labute approximate surface area is 121 Å². The molecule has 0 radical (unpaired) electrons. The molecule has 1 aromatic rings. The van der Waals surface area contributed by atoms with E-state index in [-0.39, 0.29) is 11.8 Å². The van der Waals surface area contributed by atoms with E-state index in [0.29, 0.717) is 25.4 Å². The summed E-state index contributed by atoms with van der Waals surface area (Å²) in [5.41, 5.74) is 6.89. The summed E-state index contributed by atoms with van der Waals surface area (Å²) in [5, 5.41) is 0. The van der Waals surface area contributed by atoms with Crippen molar-refractivity contribution in [3.63, 3.8) is 0 Å². The van der Waals surface area contributed by atoms with Crippen LogP contribution < -0.4 is 5.73 Å². The maximum atomic E-state index is 12.3. The molecule has 0 aliphatic carbocycles. The van der Waals surface area contributed by atoms with Gasteiger partial charge in [0, 0.05) is 31.5 Å². The molecule has 0 amide bonds. The van der Waals surface area contributed by atoms with Crippen LogP contribution in [0.3, 0.4) is 0 Å². The lowest BCUT2D eigenvalue weighted by molar-refractivity contribution is 0.251. The number of nitrogens with zero attached hydrogens (tertiary/aromatic N) is 2. The lowest BCUT2D eigenvalue weighted by atomic mass is 9.92. The molecule has 0 bridgehead atoms. The second kappa shape index (κ2) is 6.65. The van der Waals surface area contributed by atoms with Gasteiger partial charge in [0.2, 0.25) is 10.0 Å². The first-order valence-corrected chi connectivity index (χ1v) is 8.72. The van der Waals surface area contributed by atoms with Crippen LogP contribution in [0.25, 0.3) is 0 Å². The van der Waals surface area contributed by atoms with E-state index in [0.717, 1.165) is 18.4 Å². The molecule has 6 heteroatoms. The van der Waals surface area contributed by atoms with Crippen molar-refractivity contribution < 1.29 is 8.42 Å². The van der Waals surface area contributed by atoms with Gasteiger partial charge in [-0.25, -0.2) is 12.7 Å². The number of piperidine rings is 1. The number of aryl methyl sites for hydroxylation is 1. The fraction of sp³-hybridized carbons (Fsp3) is 0.643. The third-order valence-electron chi connectivity index (χ3n) is 4.03. The zero-order chi connectivity index (χ0) is 14.6. The van der Waals surface area contributed by atoms with Gasteiger partial charge in [0.1, 0.15) is 0 Å². The van der Waals surface area contributed by atoms with Crippen molar-refractivity contribution in [2.24, 2.45) is 11.7 Å². The maximum absolute atomic E-state index is 12.3. The van der Waals surface area contributed by atoms with E-state index in [1.807, 2.05) is 19.1 Å². The molecule has 1 atom stereocenters. The fourth-order valence-corrected chi connectivity index (χ4v) is 4.12. The van der Waals surface area contributed by atoms with Gasteiger partial charge in [-0.3, -0.25) is 4.98 Å². The van der Waals surface area contributed by atoms with Crippen molar-refractivity contribution in [1.82, 2.24) is 9.29 Å². The molecule has 0 saturated carbocycles. The van der Waals surface area contributed by atoms with Crippen LogP contribution in [0.5, 0.6) is 0 Å². The lowest BCUT2D eigenvalue weighted by Gasteiger charge is -2.32. The van der Waals surface area contributed by atoms with Gasteiger partial charge < -0.3 is 5.73 Å². The molecule has 0 aromatic carbocycles. The van der Waals surface area contributed by atoms with Crippen LogP contribution in [0.1, 0.15) is 25.3 Å². The van der Waals surface area contributed by atoms with E-state index >= 15 is 0 Å². The van der Waals surface area contributed by atoms with Crippen LogP contribution in [0.15, 0.2) is 24.5 Å². The second-order valence-electron chi connectivity index (χ2n) is 5.52. The molecule has 2 rings (SSSR count). The molecule has 1 aliphatic heterocycles. The molecule has 0 spiro atoms. The molecule has 2 heterocycles. The van der Waals surface area contributed by atoms with Gasteiger partial charge in [0.15, 0.2) is 0 Å². The van der Waals surface area contributed by atoms with Crippen LogP contribution in [-0.4, -0.2) is 42.6 Å². The van der Waals surface area contributed by atoms with Gasteiger partial charge in [-0.05, 0) is 49.8 Å². The average Bonchev–Trinajstić information content (AvgIpc) is 2.46. The number of hydrogen-bond acceptors (Lipinski definition) is 4. The zero-order valence-electron chi connectivity index (χ0n) is 11.9. The largest absolute Gasteiger partial charge is 0.328 e. The predicted molar refractivity (Wildman–Crippen MR) is 79.7 cm³/mol. The first-order valence-electron chi connectivity index (χ1n) is 7.11. The minimum absolute atomic E-state index is 0.150. The number of pyridine rings is 1. The highest BCUT2D eigenvalue weighted by Crippen LogP contribution is 2.22. The lowest BCUT2D eigenvalue weighted by Crippen LogP contribution is -2.43. The van der Waals surface area contributed by atoms with Crippen molar-refractivity contribution in [2.75, 3.05) is 18.8 Å². The number of sulfonamides is 1. The van der Waals surface area contributed by atoms with Crippen LogP contribution >= 0.6 is 0 Å². The summed E-state index contributed by atoms with van der Waals surface area (Å²) in [6.45, 7) is 3.20. The monoisotopic (exact) mass is 297 g/mol. The zero-order valence-corrected chi connectivity index (χ0v) is 12.7. The van der Waals surface area contributed by atoms with Gasteiger partial charge in [0.25, 0.3) is 0 Å². The van der Waals surface area contributed by atoms with Crippen molar-refractivity contribution in [2.45, 2.75) is 32.2 Å². The Morgan fingerprint density at radius 2 is 1.95 bits per heavy atom. The highest BCUT2D eigenvalue weighted by molar-refractivity contribution is 7.89. The molecular formula is C14H23N3O2S. The Balaban J connectivity index is 1.88. The predicted octanol–water partition coefficient (Wildman–Crippen LogP) is 1.01. The quantitative estimate of drug-likeness (QED) is 0.880. The number of nitrogens with two attached hydrogens (primary N) is 1. The topological polar surface area (TPSA) is 76.3 Å². The van der Waals surface area contributed by atoms with E-state index in [4.69, 9.17) is 5.73 Å². The molecule has 1 fully saturated rings. The summed E-state index contributed by atoms with van der Waals surface area (Å²) in [6.07, 6.45) is 5.66. The number of rotatable bonds is 5. The normalized spacial score (nSPS) is 19.9. The highest BCUT2D eigenvalue weighted by atomic mass is 32.2. The smallest absolute Gasteiger partial charge is 0.214 e. The SMILES string of the molecule is CC(N)C1CCN(S(=O)(=O)CCc2ccncc2)CC1. The summed E-state index contributed by atoms with van der Waals surface area (Å²) in [5.74, 6) is 0.612. The summed E-state index contributed by atoms with van der Waals surface area (Å²) < 4.78 is 26.2. The molecular weight excluding hydrogens is 274 g/mol. The van der Waals surface area contributed by atoms with E-state index < -0.39 is 10.0 Å². The Morgan fingerprint density at radius 1 is 1.35 bits per heavy atom. The van der Waals surface area contributed by atoms with Crippen LogP contribution in [-0.2, 0) is 16.4 Å². The average molecular weight is 297 g/mol. The van der Waals surface area contributed by atoms with E-state index in [1.54, 1.807) is 16.7 Å². The Hall–Kier alpha value is -0.980. The van der Waals surface area contributed by atoms with Gasteiger partial charge in [-0.15, -0.1) is 0 Å². The molecule has 1 saturated heterocycles. The van der Waals surface area contributed by atoms with Crippen LogP contribution in [0, 0.1) is 5.92 Å². The molecule has 1 aliphatic rings. The van der Waals surface area contributed by atoms with E-state index in [1.165, 1.54) is 0 Å². The van der Waals surface area contributed by atoms with Gasteiger partial charge in [-0.2, -0.15) is 0 Å². The molecule has 20 heavy (non-hydrogen) atoms. The molecule has 5 nitrogen and oxygen atoms in total. The van der Waals surface area contributed by atoms with Crippen LogP contribution in [0.4, 0.5) is 0 Å². The maximum Gasteiger partial charge on any atom is 0.214 e. The number of hydrogen-bond donors (Lipinski definition) is 1. The highest BCUT2D eigenvalue weighted by Gasteiger charge is 2.28. The van der Waals surface area contributed by atoms with Gasteiger partial charge in [0.05, 0.1) is 5.75 Å². The Bertz CT molecular complexity index is 508. The van der Waals surface area contributed by atoms with Crippen molar-refractivity contribution in [1.29, 1.82) is 0 Å². The molecule has 1 aromatic heterocycles. The molecule has 112 valence electrons. The van der Waals surface area contributed by atoms with E-state index in [2.05, 4.69) is 4.98 Å². The minimum atomic E-state index is -3.16. The van der Waals surface area contributed by atoms with Crippen molar-refractivity contribution >= 4 is 10.0 Å². The summed E-state index contributed by atoms with van der Waals surface area (Å²) in [7, 11) is -3.16. The number of aromatic nitrogens is 1. The molecule has 1 unspecified atom stereocenters. The minimum Gasteiger partial charge on any atom is -0.328 e. The van der Waals surface area contributed by atoms with Crippen molar-refractivity contribution in [3.05, 3.63) is 30.1 Å². The Morgan fingerprint density at radius 3 is 2.50 bits per heavy atom. The summed E-state index contributed by atoms with van der Waals surface area (Å²) >= 11 is 0. The first-order chi connectivity index (χ1) is 9.49. The Kier molecular flexibility index (Phi) is 5.12. The third-order valence-corrected chi connectivity index (χ3v) is 5.91. The standard InChI is InChI=1S/C14H23N3O2S/c1-12(15)14-4-9-17(10-5-14)20(18,19)11-6-13-2-7-16-8-3-13/h2-3,7-8,12,14H,4-6,9-11,15H2,1H3. The summed E-state index contributed by atoms with van der Waals surface area (Å²) in [4.78, 5) is 3.93. The summed E-state index contributed by atoms with van der Waals surface area (Å²) in [6, 6.07) is 3.87. The first kappa shape index (κ1) is 15.4. The third kappa shape index (κ3) is 4.01. The van der Waals surface area contributed by atoms with Crippen molar-refractivity contribution in [3.8, 4) is 0 Å². The van der Waals surface area contributed by atoms with E-state index in [9.17, 15) is 8.42 Å². The van der Waals surface area contributed by atoms with Crippen LogP contribution in [0.2, 0.25) is 0 Å². The van der Waals surface area contributed by atoms with Gasteiger partial charge >= 0.3 is 0 Å². The second-order valence-corrected chi connectivity index (χ2v) is 7.61. The molecule has 2 N–H and O–H groups in total. The fourth-order valence-electron chi connectivity index (χ4n) is 2.61.